The quantitative estimate of drug-likeness (QED) is 0.627. The summed E-state index contributed by atoms with van der Waals surface area (Å²) in [6.45, 7) is 1.40. The molecule has 1 aliphatic carbocycles. The molecule has 0 radical (unpaired) electrons. The third-order valence-electron chi connectivity index (χ3n) is 3.84. The standard InChI is InChI=1S/C16H16N2O4S2/c1-10(19)11-5-7-13(8-6-11)24(21,22)18-17-16(20)15-9-12-3-2-4-14(12)23-15/h5-9,18H,2-4H2,1H3,(H,17,20). The molecule has 0 saturated carbocycles. The van der Waals surface area contributed by atoms with Crippen LogP contribution < -0.4 is 10.3 Å². The number of benzene rings is 1. The summed E-state index contributed by atoms with van der Waals surface area (Å²) in [6.07, 6.45) is 3.04. The number of Topliss-reactive ketones (excluding diaryl/α,β-unsaturated/α-hetero) is 1. The molecular formula is C16H16N2O4S2. The van der Waals surface area contributed by atoms with Gasteiger partial charge in [-0.25, -0.2) is 8.42 Å². The summed E-state index contributed by atoms with van der Waals surface area (Å²) in [5, 5.41) is 0. The second-order valence-corrected chi connectivity index (χ2v) is 8.37. The molecule has 1 aromatic heterocycles. The van der Waals surface area contributed by atoms with Crippen LogP contribution in [0.15, 0.2) is 35.2 Å². The maximum absolute atomic E-state index is 12.2. The van der Waals surface area contributed by atoms with Gasteiger partial charge in [0.05, 0.1) is 9.77 Å². The number of amides is 1. The van der Waals surface area contributed by atoms with Gasteiger partial charge in [0, 0.05) is 10.4 Å². The molecule has 0 bridgehead atoms. The molecule has 0 saturated heterocycles. The minimum Gasteiger partial charge on any atom is -0.295 e. The van der Waals surface area contributed by atoms with Crippen LogP contribution >= 0.6 is 11.3 Å². The number of carbonyl (C=O) groups is 2. The van der Waals surface area contributed by atoms with Crippen LogP contribution in [0, 0.1) is 0 Å². The minimum atomic E-state index is -3.89. The molecule has 1 aromatic carbocycles. The minimum absolute atomic E-state index is 0.0264. The topological polar surface area (TPSA) is 92.3 Å². The Labute approximate surface area is 143 Å². The van der Waals surface area contributed by atoms with Gasteiger partial charge < -0.3 is 0 Å². The molecule has 1 aliphatic rings. The number of thiophene rings is 1. The van der Waals surface area contributed by atoms with Gasteiger partial charge in [-0.1, -0.05) is 12.1 Å². The summed E-state index contributed by atoms with van der Waals surface area (Å²) >= 11 is 1.40. The Morgan fingerprint density at radius 1 is 1.12 bits per heavy atom. The SMILES string of the molecule is CC(=O)c1ccc(S(=O)(=O)NNC(=O)c2cc3c(s2)CCC3)cc1. The molecule has 8 heteroatoms. The molecular weight excluding hydrogens is 348 g/mol. The first-order valence-corrected chi connectivity index (χ1v) is 9.71. The lowest BCUT2D eigenvalue weighted by atomic mass is 10.2. The number of aryl methyl sites for hydroxylation is 2. The van der Waals surface area contributed by atoms with Crippen molar-refractivity contribution < 1.29 is 18.0 Å². The first-order chi connectivity index (χ1) is 11.4. The zero-order chi connectivity index (χ0) is 17.3. The van der Waals surface area contributed by atoms with Gasteiger partial charge in [0.15, 0.2) is 5.78 Å². The van der Waals surface area contributed by atoms with E-state index in [2.05, 4.69) is 10.3 Å². The van der Waals surface area contributed by atoms with E-state index in [0.717, 1.165) is 19.3 Å². The highest BCUT2D eigenvalue weighted by Crippen LogP contribution is 2.30. The lowest BCUT2D eigenvalue weighted by molar-refractivity contribution is 0.0948. The van der Waals surface area contributed by atoms with E-state index in [1.165, 1.54) is 53.0 Å². The van der Waals surface area contributed by atoms with Crippen LogP contribution in [0.25, 0.3) is 0 Å². The summed E-state index contributed by atoms with van der Waals surface area (Å²) in [7, 11) is -3.89. The summed E-state index contributed by atoms with van der Waals surface area (Å²) in [6, 6.07) is 7.33. The van der Waals surface area contributed by atoms with E-state index < -0.39 is 15.9 Å². The number of carbonyl (C=O) groups excluding carboxylic acids is 2. The Morgan fingerprint density at radius 3 is 2.46 bits per heavy atom. The smallest absolute Gasteiger partial charge is 0.276 e. The number of hydrogen-bond donors (Lipinski definition) is 2. The van der Waals surface area contributed by atoms with Gasteiger partial charge in [-0.05, 0) is 49.9 Å². The van der Waals surface area contributed by atoms with Crippen LogP contribution in [0.5, 0.6) is 0 Å². The van der Waals surface area contributed by atoms with Crippen molar-refractivity contribution in [3.8, 4) is 0 Å². The first kappa shape index (κ1) is 16.8. The van der Waals surface area contributed by atoms with E-state index >= 15 is 0 Å². The van der Waals surface area contributed by atoms with E-state index in [-0.39, 0.29) is 10.7 Å². The van der Waals surface area contributed by atoms with Gasteiger partial charge in [0.1, 0.15) is 0 Å². The highest BCUT2D eigenvalue weighted by atomic mass is 32.2. The Balaban J connectivity index is 1.67. The number of nitrogens with one attached hydrogen (secondary N) is 2. The van der Waals surface area contributed by atoms with Crippen molar-refractivity contribution in [1.82, 2.24) is 10.3 Å². The third kappa shape index (κ3) is 3.40. The van der Waals surface area contributed by atoms with Crippen molar-refractivity contribution in [1.29, 1.82) is 0 Å². The van der Waals surface area contributed by atoms with Crippen molar-refractivity contribution in [3.63, 3.8) is 0 Å². The van der Waals surface area contributed by atoms with Gasteiger partial charge in [0.25, 0.3) is 15.9 Å². The maximum atomic E-state index is 12.2. The Hall–Kier alpha value is -2.03. The summed E-state index contributed by atoms with van der Waals surface area (Å²) < 4.78 is 24.4. The average Bonchev–Trinajstić information content (AvgIpc) is 3.14. The molecule has 6 nitrogen and oxygen atoms in total. The molecule has 2 N–H and O–H groups in total. The van der Waals surface area contributed by atoms with E-state index in [1.54, 1.807) is 0 Å². The van der Waals surface area contributed by atoms with Crippen LogP contribution in [0.3, 0.4) is 0 Å². The van der Waals surface area contributed by atoms with Crippen molar-refractivity contribution >= 4 is 33.1 Å². The van der Waals surface area contributed by atoms with Crippen LogP contribution in [0.1, 0.15) is 43.8 Å². The number of ketones is 1. The fourth-order valence-corrected chi connectivity index (χ4v) is 4.53. The second kappa shape index (κ2) is 6.46. The maximum Gasteiger partial charge on any atom is 0.276 e. The molecule has 0 unspecified atom stereocenters. The number of sulfonamides is 1. The van der Waals surface area contributed by atoms with Gasteiger partial charge in [-0.15, -0.1) is 16.2 Å². The number of fused-ring (bicyclic) bond motifs is 1. The number of hydrogen-bond acceptors (Lipinski definition) is 5. The predicted octanol–water partition coefficient (Wildman–Crippen LogP) is 2.06. The number of hydrazine groups is 1. The van der Waals surface area contributed by atoms with E-state index in [4.69, 9.17) is 0 Å². The molecule has 2 aromatic rings. The van der Waals surface area contributed by atoms with Gasteiger partial charge in [0.2, 0.25) is 0 Å². The van der Waals surface area contributed by atoms with E-state index in [0.29, 0.717) is 10.4 Å². The molecule has 24 heavy (non-hydrogen) atoms. The van der Waals surface area contributed by atoms with E-state index in [1.807, 2.05) is 6.07 Å². The molecule has 1 amide bonds. The normalized spacial score (nSPS) is 13.5. The monoisotopic (exact) mass is 364 g/mol. The van der Waals surface area contributed by atoms with Gasteiger partial charge in [-0.3, -0.25) is 15.0 Å². The lowest BCUT2D eigenvalue weighted by Gasteiger charge is -2.08. The van der Waals surface area contributed by atoms with Crippen molar-refractivity contribution in [2.45, 2.75) is 31.1 Å². The summed E-state index contributed by atoms with van der Waals surface area (Å²) in [5.41, 5.74) is 3.83. The molecule has 126 valence electrons. The molecule has 0 spiro atoms. The fourth-order valence-electron chi connectivity index (χ4n) is 2.54. The third-order valence-corrected chi connectivity index (χ3v) is 6.34. The summed E-state index contributed by atoms with van der Waals surface area (Å²) in [4.78, 5) is 27.1. The van der Waals surface area contributed by atoms with Crippen molar-refractivity contribution in [3.05, 3.63) is 51.2 Å². The average molecular weight is 364 g/mol. The molecule has 0 fully saturated rings. The second-order valence-electron chi connectivity index (χ2n) is 5.55. The van der Waals surface area contributed by atoms with Crippen LogP contribution in [-0.2, 0) is 22.9 Å². The zero-order valence-electron chi connectivity index (χ0n) is 13.0. The Bertz CT molecular complexity index is 877. The van der Waals surface area contributed by atoms with Crippen molar-refractivity contribution in [2.75, 3.05) is 0 Å². The van der Waals surface area contributed by atoms with Crippen LogP contribution in [0.2, 0.25) is 0 Å². The lowest BCUT2D eigenvalue weighted by Crippen LogP contribution is -2.41. The highest BCUT2D eigenvalue weighted by molar-refractivity contribution is 7.89. The molecule has 0 aliphatic heterocycles. The highest BCUT2D eigenvalue weighted by Gasteiger charge is 2.20. The van der Waals surface area contributed by atoms with Crippen molar-refractivity contribution in [2.24, 2.45) is 0 Å². The first-order valence-electron chi connectivity index (χ1n) is 7.41. The summed E-state index contributed by atoms with van der Waals surface area (Å²) in [5.74, 6) is -0.621. The molecule has 1 heterocycles. The Morgan fingerprint density at radius 2 is 1.83 bits per heavy atom. The predicted molar refractivity (Wildman–Crippen MR) is 90.6 cm³/mol. The van der Waals surface area contributed by atoms with E-state index in [9.17, 15) is 18.0 Å². The van der Waals surface area contributed by atoms with Gasteiger partial charge >= 0.3 is 0 Å². The van der Waals surface area contributed by atoms with Crippen LogP contribution in [0.4, 0.5) is 0 Å². The molecule has 3 rings (SSSR count). The Kier molecular flexibility index (Phi) is 4.53. The fraction of sp³-hybridized carbons (Fsp3) is 0.250. The van der Waals surface area contributed by atoms with Crippen LogP contribution in [-0.4, -0.2) is 20.1 Å². The zero-order valence-corrected chi connectivity index (χ0v) is 14.6. The van der Waals surface area contributed by atoms with Gasteiger partial charge in [-0.2, -0.15) is 0 Å². The largest absolute Gasteiger partial charge is 0.295 e. The molecule has 0 atom stereocenters. The number of rotatable bonds is 5.